The van der Waals surface area contributed by atoms with Gasteiger partial charge < -0.3 is 4.74 Å². The Labute approximate surface area is 117 Å². The third-order valence-corrected chi connectivity index (χ3v) is 3.19. The lowest BCUT2D eigenvalue weighted by molar-refractivity contribution is 0.00164. The summed E-state index contributed by atoms with van der Waals surface area (Å²) < 4.78 is 6.83. The molecule has 0 bridgehead atoms. The van der Waals surface area contributed by atoms with Crippen molar-refractivity contribution in [2.24, 2.45) is 10.2 Å². The van der Waals surface area contributed by atoms with Crippen LogP contribution in [0.15, 0.2) is 26.0 Å². The second kappa shape index (κ2) is 6.14. The molecule has 0 radical (unpaired) electrons. The largest absolute Gasteiger partial charge is 0.354 e. The molecule has 1 aromatic heterocycles. The average molecular weight is 292 g/mol. The van der Waals surface area contributed by atoms with Gasteiger partial charge in [-0.05, 0) is 18.0 Å². The highest BCUT2D eigenvalue weighted by atomic mass is 16.5. The first-order valence-electron chi connectivity index (χ1n) is 6.09. The monoisotopic (exact) mass is 292 g/mol. The molecule has 1 saturated heterocycles. The molecule has 21 heavy (non-hydrogen) atoms. The molecule has 1 unspecified atom stereocenters. The summed E-state index contributed by atoms with van der Waals surface area (Å²) in [7, 11) is 0. The smallest absolute Gasteiger partial charge is 0.330 e. The van der Waals surface area contributed by atoms with Crippen LogP contribution in [0.2, 0.25) is 0 Å². The van der Waals surface area contributed by atoms with Crippen molar-refractivity contribution in [3.63, 3.8) is 0 Å². The topological polar surface area (TPSA) is 162 Å². The molecule has 2 heterocycles. The lowest BCUT2D eigenvalue weighted by atomic mass is 10.1. The van der Waals surface area contributed by atoms with Crippen molar-refractivity contribution in [2.45, 2.75) is 31.7 Å². The van der Waals surface area contributed by atoms with Gasteiger partial charge in [0.15, 0.2) is 0 Å². The number of ether oxygens (including phenoxy) is 1. The van der Waals surface area contributed by atoms with Gasteiger partial charge in [-0.1, -0.05) is 10.2 Å². The van der Waals surface area contributed by atoms with Gasteiger partial charge in [0.1, 0.15) is 6.23 Å². The summed E-state index contributed by atoms with van der Waals surface area (Å²) in [5, 5.41) is 6.98. The Balaban J connectivity index is 2.32. The third-order valence-electron chi connectivity index (χ3n) is 3.19. The molecule has 3 atom stereocenters. The molecular formula is C10H12N8O3. The standard InChI is InChI=1S/C10H12N8O3/c1-5-4-18(10(20)14-9(5)19)8-2-6(15-17-12)7(21-8)3-13-16-11/h4,6-8H,2-3H2,1H3,(H,14,19,20)/t6?,7-,8-/m1/s1. The molecule has 1 N–H and O–H groups in total. The number of aromatic amines is 1. The number of nitrogens with zero attached hydrogens (tertiary/aromatic N) is 7. The van der Waals surface area contributed by atoms with Crippen LogP contribution in [-0.2, 0) is 4.74 Å². The normalized spacial score (nSPS) is 24.1. The van der Waals surface area contributed by atoms with Crippen LogP contribution in [0.4, 0.5) is 0 Å². The number of nitrogens with one attached hydrogen (secondary N) is 1. The Morgan fingerprint density at radius 3 is 2.90 bits per heavy atom. The van der Waals surface area contributed by atoms with Crippen molar-refractivity contribution in [2.75, 3.05) is 6.54 Å². The van der Waals surface area contributed by atoms with Crippen LogP contribution in [0.25, 0.3) is 20.9 Å². The molecule has 1 aliphatic heterocycles. The fourth-order valence-corrected chi connectivity index (χ4v) is 2.16. The van der Waals surface area contributed by atoms with Crippen molar-refractivity contribution in [3.05, 3.63) is 53.5 Å². The summed E-state index contributed by atoms with van der Waals surface area (Å²) in [4.78, 5) is 30.7. The maximum atomic E-state index is 11.8. The van der Waals surface area contributed by atoms with Crippen LogP contribution in [0, 0.1) is 6.92 Å². The van der Waals surface area contributed by atoms with Gasteiger partial charge in [0.25, 0.3) is 5.56 Å². The predicted molar refractivity (Wildman–Crippen MR) is 71.5 cm³/mol. The van der Waals surface area contributed by atoms with E-state index in [1.807, 2.05) is 0 Å². The van der Waals surface area contributed by atoms with E-state index in [0.29, 0.717) is 5.56 Å². The molecule has 0 amide bonds. The van der Waals surface area contributed by atoms with E-state index in [1.54, 1.807) is 6.92 Å². The first kappa shape index (κ1) is 14.7. The maximum Gasteiger partial charge on any atom is 0.330 e. The molecule has 2 rings (SSSR count). The van der Waals surface area contributed by atoms with Crippen LogP contribution in [0.5, 0.6) is 0 Å². The van der Waals surface area contributed by atoms with Crippen LogP contribution in [-0.4, -0.2) is 28.2 Å². The second-order valence-electron chi connectivity index (χ2n) is 4.53. The molecule has 1 aromatic rings. The number of rotatable bonds is 4. The lowest BCUT2D eigenvalue weighted by Gasteiger charge is -2.15. The lowest BCUT2D eigenvalue weighted by Crippen LogP contribution is -2.33. The molecule has 1 aliphatic rings. The van der Waals surface area contributed by atoms with E-state index < -0.39 is 29.6 Å². The van der Waals surface area contributed by atoms with E-state index in [9.17, 15) is 9.59 Å². The molecule has 110 valence electrons. The minimum absolute atomic E-state index is 0.00618. The zero-order valence-corrected chi connectivity index (χ0v) is 11.1. The first-order chi connectivity index (χ1) is 10.1. The molecule has 0 saturated carbocycles. The van der Waals surface area contributed by atoms with Gasteiger partial charge in [-0.3, -0.25) is 14.3 Å². The van der Waals surface area contributed by atoms with E-state index in [0.717, 1.165) is 0 Å². The van der Waals surface area contributed by atoms with E-state index in [4.69, 9.17) is 15.8 Å². The molecule has 0 aromatic carbocycles. The quantitative estimate of drug-likeness (QED) is 0.500. The third kappa shape index (κ3) is 3.06. The number of hydrogen-bond donors (Lipinski definition) is 1. The Morgan fingerprint density at radius 1 is 1.48 bits per heavy atom. The summed E-state index contributed by atoms with van der Waals surface area (Å²) in [6, 6.07) is -0.551. The molecule has 11 nitrogen and oxygen atoms in total. The van der Waals surface area contributed by atoms with Crippen molar-refractivity contribution in [3.8, 4) is 0 Å². The number of aromatic nitrogens is 2. The summed E-state index contributed by atoms with van der Waals surface area (Å²) in [5.74, 6) is 0. The first-order valence-corrected chi connectivity index (χ1v) is 6.09. The summed E-state index contributed by atoms with van der Waals surface area (Å²) in [6.45, 7) is 1.56. The van der Waals surface area contributed by atoms with Gasteiger partial charge >= 0.3 is 5.69 Å². The van der Waals surface area contributed by atoms with Crippen LogP contribution in [0.3, 0.4) is 0 Å². The zero-order chi connectivity index (χ0) is 15.4. The Morgan fingerprint density at radius 2 is 2.24 bits per heavy atom. The number of H-pyrrole nitrogens is 1. The minimum atomic E-state index is -0.692. The fourth-order valence-electron chi connectivity index (χ4n) is 2.16. The number of aryl methyl sites for hydroxylation is 1. The van der Waals surface area contributed by atoms with Gasteiger partial charge in [-0.25, -0.2) is 4.79 Å². The molecule has 0 spiro atoms. The van der Waals surface area contributed by atoms with Crippen molar-refractivity contribution < 1.29 is 4.74 Å². The molecule has 11 heteroatoms. The molecule has 0 aliphatic carbocycles. The van der Waals surface area contributed by atoms with Gasteiger partial charge in [0, 0.05) is 28.0 Å². The minimum Gasteiger partial charge on any atom is -0.354 e. The SMILES string of the molecule is Cc1cn([C@H]2CC(N=[N+]=[N-])[C@@H](CN=[N+]=[N-])O2)c(=O)[nH]c1=O. The predicted octanol–water partition coefficient (Wildman–Crippen LogP) is 1.12. The van der Waals surface area contributed by atoms with E-state index >= 15 is 0 Å². The number of azide groups is 2. The van der Waals surface area contributed by atoms with Crippen molar-refractivity contribution in [1.29, 1.82) is 0 Å². The maximum absolute atomic E-state index is 11.8. The van der Waals surface area contributed by atoms with E-state index in [-0.39, 0.29) is 13.0 Å². The second-order valence-corrected chi connectivity index (χ2v) is 4.53. The van der Waals surface area contributed by atoms with E-state index in [2.05, 4.69) is 25.0 Å². The fraction of sp³-hybridized carbons (Fsp3) is 0.600. The van der Waals surface area contributed by atoms with Crippen molar-refractivity contribution >= 4 is 0 Å². The van der Waals surface area contributed by atoms with Gasteiger partial charge in [0.05, 0.1) is 18.7 Å². The Kier molecular flexibility index (Phi) is 4.29. The van der Waals surface area contributed by atoms with Gasteiger partial charge in [-0.15, -0.1) is 0 Å². The van der Waals surface area contributed by atoms with Crippen LogP contribution >= 0.6 is 0 Å². The van der Waals surface area contributed by atoms with E-state index in [1.165, 1.54) is 10.8 Å². The van der Waals surface area contributed by atoms with Gasteiger partial charge in [-0.2, -0.15) is 0 Å². The summed E-state index contributed by atoms with van der Waals surface area (Å²) in [6.07, 6.45) is 0.332. The van der Waals surface area contributed by atoms with Gasteiger partial charge in [0.2, 0.25) is 0 Å². The molecule has 1 fully saturated rings. The zero-order valence-electron chi connectivity index (χ0n) is 11.1. The average Bonchev–Trinajstić information content (AvgIpc) is 2.84. The Hall–Kier alpha value is -2.74. The highest BCUT2D eigenvalue weighted by molar-refractivity contribution is 5.02. The Bertz CT molecular complexity index is 739. The van der Waals surface area contributed by atoms with Crippen molar-refractivity contribution in [1.82, 2.24) is 9.55 Å². The van der Waals surface area contributed by atoms with Crippen LogP contribution < -0.4 is 11.2 Å². The summed E-state index contributed by atoms with van der Waals surface area (Å²) >= 11 is 0. The van der Waals surface area contributed by atoms with Crippen LogP contribution in [0.1, 0.15) is 18.2 Å². The molecular weight excluding hydrogens is 280 g/mol. The number of hydrogen-bond acceptors (Lipinski definition) is 5. The summed E-state index contributed by atoms with van der Waals surface area (Å²) in [5.41, 5.74) is 16.2. The highest BCUT2D eigenvalue weighted by Crippen LogP contribution is 2.30. The highest BCUT2D eigenvalue weighted by Gasteiger charge is 2.35.